The highest BCUT2D eigenvalue weighted by atomic mass is 15.2. The highest BCUT2D eigenvalue weighted by Crippen LogP contribution is 2.28. The van der Waals surface area contributed by atoms with Gasteiger partial charge in [0.1, 0.15) is 0 Å². The molecule has 1 atom stereocenters. The minimum atomic E-state index is 0.451. The number of nitrogens with one attached hydrogen (secondary N) is 1. The van der Waals surface area contributed by atoms with E-state index in [1.807, 2.05) is 0 Å². The second kappa shape index (κ2) is 7.43. The van der Waals surface area contributed by atoms with Crippen LogP contribution in [0.25, 0.3) is 0 Å². The third-order valence-electron chi connectivity index (χ3n) is 6.05. The number of piperidine rings is 2. The van der Waals surface area contributed by atoms with Crippen molar-refractivity contribution in [2.75, 3.05) is 39.3 Å². The molecule has 3 fully saturated rings. The zero-order valence-electron chi connectivity index (χ0n) is 14.1. The SMILES string of the molecule is CCCC1(CN2CCC(N3CCCCC3)CC2)CCCN1. The summed E-state index contributed by atoms with van der Waals surface area (Å²) in [6.45, 7) is 10.3. The van der Waals surface area contributed by atoms with Gasteiger partial charge in [0.25, 0.3) is 0 Å². The first-order chi connectivity index (χ1) is 10.3. The summed E-state index contributed by atoms with van der Waals surface area (Å²) in [5, 5.41) is 3.84. The predicted molar refractivity (Wildman–Crippen MR) is 89.8 cm³/mol. The summed E-state index contributed by atoms with van der Waals surface area (Å²) < 4.78 is 0. The second-order valence-corrected chi connectivity index (χ2v) is 7.66. The fraction of sp³-hybridized carbons (Fsp3) is 1.00. The first kappa shape index (κ1) is 15.8. The molecule has 1 unspecified atom stereocenters. The molecule has 0 bridgehead atoms. The van der Waals surface area contributed by atoms with Crippen molar-refractivity contribution in [1.29, 1.82) is 0 Å². The molecule has 0 aromatic heterocycles. The minimum Gasteiger partial charge on any atom is -0.310 e. The highest BCUT2D eigenvalue weighted by Gasteiger charge is 2.35. The molecule has 3 saturated heterocycles. The summed E-state index contributed by atoms with van der Waals surface area (Å²) in [4.78, 5) is 5.55. The van der Waals surface area contributed by atoms with Gasteiger partial charge in [-0.15, -0.1) is 0 Å². The van der Waals surface area contributed by atoms with E-state index in [2.05, 4.69) is 22.0 Å². The monoisotopic (exact) mass is 293 g/mol. The topological polar surface area (TPSA) is 18.5 Å². The smallest absolute Gasteiger partial charge is 0.0309 e. The number of rotatable bonds is 5. The average molecular weight is 293 g/mol. The van der Waals surface area contributed by atoms with Crippen molar-refractivity contribution in [1.82, 2.24) is 15.1 Å². The molecule has 0 aromatic carbocycles. The van der Waals surface area contributed by atoms with Crippen molar-refractivity contribution < 1.29 is 0 Å². The highest BCUT2D eigenvalue weighted by molar-refractivity contribution is 4.96. The number of likely N-dealkylation sites (tertiary alicyclic amines) is 2. The molecule has 3 rings (SSSR count). The van der Waals surface area contributed by atoms with Gasteiger partial charge in [-0.1, -0.05) is 19.8 Å². The molecule has 122 valence electrons. The lowest BCUT2D eigenvalue weighted by Crippen LogP contribution is -2.53. The van der Waals surface area contributed by atoms with Crippen molar-refractivity contribution >= 4 is 0 Å². The van der Waals surface area contributed by atoms with Gasteiger partial charge in [-0.2, -0.15) is 0 Å². The lowest BCUT2D eigenvalue weighted by atomic mass is 9.90. The van der Waals surface area contributed by atoms with Crippen LogP contribution in [0, 0.1) is 0 Å². The van der Waals surface area contributed by atoms with Crippen LogP contribution in [0.4, 0.5) is 0 Å². The van der Waals surface area contributed by atoms with E-state index in [-0.39, 0.29) is 0 Å². The summed E-state index contributed by atoms with van der Waals surface area (Å²) >= 11 is 0. The lowest BCUT2D eigenvalue weighted by molar-refractivity contribution is 0.0772. The summed E-state index contributed by atoms with van der Waals surface area (Å²) in [5.74, 6) is 0. The summed E-state index contributed by atoms with van der Waals surface area (Å²) in [6.07, 6.45) is 12.6. The number of hydrogen-bond acceptors (Lipinski definition) is 3. The number of nitrogens with zero attached hydrogens (tertiary/aromatic N) is 2. The molecule has 0 aromatic rings. The van der Waals surface area contributed by atoms with Crippen molar-refractivity contribution in [2.24, 2.45) is 0 Å². The Morgan fingerprint density at radius 3 is 2.38 bits per heavy atom. The molecule has 1 N–H and O–H groups in total. The van der Waals surface area contributed by atoms with Crippen LogP contribution in [0.1, 0.15) is 64.7 Å². The molecule has 0 radical (unpaired) electrons. The first-order valence-electron chi connectivity index (χ1n) is 9.53. The van der Waals surface area contributed by atoms with Crippen LogP contribution in [-0.4, -0.2) is 60.6 Å². The molecule has 21 heavy (non-hydrogen) atoms. The Kier molecular flexibility index (Phi) is 5.58. The molecule has 0 amide bonds. The van der Waals surface area contributed by atoms with Crippen molar-refractivity contribution in [3.05, 3.63) is 0 Å². The first-order valence-corrected chi connectivity index (χ1v) is 9.53. The van der Waals surface area contributed by atoms with Gasteiger partial charge in [-0.3, -0.25) is 0 Å². The van der Waals surface area contributed by atoms with Crippen LogP contribution >= 0.6 is 0 Å². The maximum absolute atomic E-state index is 3.84. The maximum Gasteiger partial charge on any atom is 0.0309 e. The van der Waals surface area contributed by atoms with Gasteiger partial charge in [0.05, 0.1) is 0 Å². The van der Waals surface area contributed by atoms with Crippen LogP contribution in [0.3, 0.4) is 0 Å². The molecule has 3 nitrogen and oxygen atoms in total. The summed E-state index contributed by atoms with van der Waals surface area (Å²) in [6, 6.07) is 0.889. The third-order valence-corrected chi connectivity index (χ3v) is 6.05. The second-order valence-electron chi connectivity index (χ2n) is 7.66. The molecule has 3 heterocycles. The van der Waals surface area contributed by atoms with Gasteiger partial charge in [-0.05, 0) is 77.7 Å². The van der Waals surface area contributed by atoms with E-state index in [1.54, 1.807) is 0 Å². The third kappa shape index (κ3) is 4.00. The van der Waals surface area contributed by atoms with E-state index < -0.39 is 0 Å². The van der Waals surface area contributed by atoms with Crippen molar-refractivity contribution in [3.63, 3.8) is 0 Å². The fourth-order valence-electron chi connectivity index (χ4n) is 4.93. The fourth-order valence-corrected chi connectivity index (χ4v) is 4.93. The van der Waals surface area contributed by atoms with Gasteiger partial charge >= 0.3 is 0 Å². The quantitative estimate of drug-likeness (QED) is 0.841. The minimum absolute atomic E-state index is 0.451. The Hall–Kier alpha value is -0.120. The zero-order chi connectivity index (χ0) is 14.5. The molecule has 3 aliphatic heterocycles. The van der Waals surface area contributed by atoms with Crippen molar-refractivity contribution in [3.8, 4) is 0 Å². The van der Waals surface area contributed by atoms with Crippen LogP contribution in [-0.2, 0) is 0 Å². The summed E-state index contributed by atoms with van der Waals surface area (Å²) in [5.41, 5.74) is 0.451. The van der Waals surface area contributed by atoms with E-state index in [4.69, 9.17) is 0 Å². The van der Waals surface area contributed by atoms with E-state index in [1.165, 1.54) is 97.1 Å². The predicted octanol–water partition coefficient (Wildman–Crippen LogP) is 2.86. The standard InChI is InChI=1S/C18H35N3/c1-2-9-18(10-6-11-19-18)16-20-14-7-17(8-15-20)21-12-4-3-5-13-21/h17,19H,2-16H2,1H3. The van der Waals surface area contributed by atoms with Crippen LogP contribution in [0.5, 0.6) is 0 Å². The Labute approximate surface area is 131 Å². The maximum atomic E-state index is 3.84. The zero-order valence-corrected chi connectivity index (χ0v) is 14.1. The molecule has 0 aliphatic carbocycles. The van der Waals surface area contributed by atoms with Crippen molar-refractivity contribution in [2.45, 2.75) is 76.3 Å². The molecular weight excluding hydrogens is 258 g/mol. The summed E-state index contributed by atoms with van der Waals surface area (Å²) in [7, 11) is 0. The molecule has 3 aliphatic rings. The Balaban J connectivity index is 1.46. The molecule has 0 saturated carbocycles. The largest absolute Gasteiger partial charge is 0.310 e. The molecule has 3 heteroatoms. The van der Waals surface area contributed by atoms with E-state index >= 15 is 0 Å². The van der Waals surface area contributed by atoms with E-state index in [0.29, 0.717) is 5.54 Å². The van der Waals surface area contributed by atoms with E-state index in [9.17, 15) is 0 Å². The Bertz CT molecular complexity index is 298. The van der Waals surface area contributed by atoms with Gasteiger partial charge in [0.2, 0.25) is 0 Å². The molecular formula is C18H35N3. The van der Waals surface area contributed by atoms with E-state index in [0.717, 1.165) is 6.04 Å². The van der Waals surface area contributed by atoms with Crippen LogP contribution < -0.4 is 5.32 Å². The van der Waals surface area contributed by atoms with Gasteiger partial charge in [-0.25, -0.2) is 0 Å². The van der Waals surface area contributed by atoms with Crippen LogP contribution in [0.15, 0.2) is 0 Å². The normalized spacial score (nSPS) is 33.6. The number of hydrogen-bond donors (Lipinski definition) is 1. The Morgan fingerprint density at radius 1 is 1.00 bits per heavy atom. The van der Waals surface area contributed by atoms with Crippen LogP contribution in [0.2, 0.25) is 0 Å². The average Bonchev–Trinajstić information content (AvgIpc) is 2.98. The Morgan fingerprint density at radius 2 is 1.76 bits per heavy atom. The lowest BCUT2D eigenvalue weighted by Gasteiger charge is -2.43. The van der Waals surface area contributed by atoms with Gasteiger partial charge in [0, 0.05) is 18.1 Å². The van der Waals surface area contributed by atoms with Gasteiger partial charge < -0.3 is 15.1 Å². The van der Waals surface area contributed by atoms with Gasteiger partial charge in [0.15, 0.2) is 0 Å². The molecule has 0 spiro atoms.